The Balaban J connectivity index is 1.74. The van der Waals surface area contributed by atoms with Crippen LogP contribution in [-0.2, 0) is 0 Å². The van der Waals surface area contributed by atoms with Crippen LogP contribution in [0.1, 0.15) is 34.6 Å². The average Bonchev–Trinajstić information content (AvgIpc) is 3.18. The van der Waals surface area contributed by atoms with Crippen molar-refractivity contribution >= 4 is 5.91 Å². The third-order valence-corrected chi connectivity index (χ3v) is 3.51. The first-order valence-electron chi connectivity index (χ1n) is 7.02. The Labute approximate surface area is 127 Å². The van der Waals surface area contributed by atoms with Gasteiger partial charge in [-0.3, -0.25) is 4.79 Å². The van der Waals surface area contributed by atoms with Gasteiger partial charge in [0.25, 0.3) is 5.91 Å². The van der Waals surface area contributed by atoms with E-state index in [-0.39, 0.29) is 17.6 Å². The highest BCUT2D eigenvalue weighted by Crippen LogP contribution is 2.21. The summed E-state index contributed by atoms with van der Waals surface area (Å²) in [6.45, 7) is 3.96. The molecule has 1 unspecified atom stereocenters. The predicted molar refractivity (Wildman–Crippen MR) is 81.3 cm³/mol. The van der Waals surface area contributed by atoms with Gasteiger partial charge in [0.15, 0.2) is 11.5 Å². The highest BCUT2D eigenvalue weighted by atomic mass is 16.5. The Morgan fingerprint density at radius 1 is 1.18 bits per heavy atom. The van der Waals surface area contributed by atoms with Crippen molar-refractivity contribution in [2.45, 2.75) is 19.9 Å². The summed E-state index contributed by atoms with van der Waals surface area (Å²) in [6.07, 6.45) is 1.54. The molecular weight excluding hydrogens is 280 g/mol. The molecule has 5 nitrogen and oxygen atoms in total. The van der Waals surface area contributed by atoms with Gasteiger partial charge in [0.05, 0.1) is 12.3 Å². The van der Waals surface area contributed by atoms with Gasteiger partial charge in [-0.15, -0.1) is 0 Å². The number of amides is 1. The number of carbonyl (C=O) groups is 1. The number of aryl methyl sites for hydroxylation is 1. The maximum absolute atomic E-state index is 12.3. The number of nitrogens with one attached hydrogen (secondary N) is 1. The third-order valence-electron chi connectivity index (χ3n) is 3.51. The van der Waals surface area contributed by atoms with Gasteiger partial charge in [-0.05, 0) is 37.1 Å². The Morgan fingerprint density at radius 2 is 2.00 bits per heavy atom. The van der Waals surface area contributed by atoms with E-state index >= 15 is 0 Å². The fourth-order valence-corrected chi connectivity index (χ4v) is 2.34. The van der Waals surface area contributed by atoms with Crippen molar-refractivity contribution in [1.82, 2.24) is 10.5 Å². The van der Waals surface area contributed by atoms with Crippen LogP contribution in [0.2, 0.25) is 0 Å². The monoisotopic (exact) mass is 296 g/mol. The summed E-state index contributed by atoms with van der Waals surface area (Å²) in [5.41, 5.74) is 2.43. The van der Waals surface area contributed by atoms with Gasteiger partial charge in [0, 0.05) is 6.07 Å². The van der Waals surface area contributed by atoms with E-state index in [0.717, 1.165) is 11.1 Å². The van der Waals surface area contributed by atoms with Crippen molar-refractivity contribution in [3.05, 3.63) is 65.5 Å². The first-order chi connectivity index (χ1) is 10.6. The largest absolute Gasteiger partial charge is 0.461 e. The maximum Gasteiger partial charge on any atom is 0.273 e. The molecule has 1 N–H and O–H groups in total. The summed E-state index contributed by atoms with van der Waals surface area (Å²) in [6, 6.07) is 12.9. The lowest BCUT2D eigenvalue weighted by atomic mass is 10.0. The van der Waals surface area contributed by atoms with Crippen LogP contribution in [0.4, 0.5) is 0 Å². The first-order valence-corrected chi connectivity index (χ1v) is 7.02. The van der Waals surface area contributed by atoms with Gasteiger partial charge in [-0.1, -0.05) is 29.4 Å². The lowest BCUT2D eigenvalue weighted by Gasteiger charge is -2.15. The fraction of sp³-hybridized carbons (Fsp3) is 0.176. The van der Waals surface area contributed by atoms with Crippen LogP contribution in [-0.4, -0.2) is 11.1 Å². The Morgan fingerprint density at radius 3 is 2.73 bits per heavy atom. The van der Waals surface area contributed by atoms with Crippen molar-refractivity contribution in [3.8, 4) is 11.5 Å². The van der Waals surface area contributed by atoms with E-state index in [1.807, 2.05) is 38.1 Å². The molecule has 1 amide bonds. The highest BCUT2D eigenvalue weighted by Gasteiger charge is 2.18. The molecule has 0 aliphatic carbocycles. The Kier molecular flexibility index (Phi) is 3.78. The molecule has 0 spiro atoms. The molecule has 3 aromatic rings. The molecule has 112 valence electrons. The van der Waals surface area contributed by atoms with E-state index in [0.29, 0.717) is 11.5 Å². The number of benzene rings is 1. The van der Waals surface area contributed by atoms with Crippen LogP contribution in [0.5, 0.6) is 0 Å². The average molecular weight is 296 g/mol. The van der Waals surface area contributed by atoms with Crippen LogP contribution in [0, 0.1) is 6.92 Å². The van der Waals surface area contributed by atoms with Crippen LogP contribution in [0.25, 0.3) is 11.5 Å². The number of hydrogen-bond acceptors (Lipinski definition) is 4. The van der Waals surface area contributed by atoms with E-state index in [1.165, 1.54) is 6.26 Å². The molecule has 22 heavy (non-hydrogen) atoms. The third kappa shape index (κ3) is 2.79. The molecule has 1 aromatic carbocycles. The number of hydrogen-bond donors (Lipinski definition) is 1. The zero-order valence-corrected chi connectivity index (χ0v) is 12.4. The van der Waals surface area contributed by atoms with Gasteiger partial charge in [-0.2, -0.15) is 0 Å². The molecule has 0 aliphatic heterocycles. The number of rotatable bonds is 4. The summed E-state index contributed by atoms with van der Waals surface area (Å²) in [7, 11) is 0. The minimum atomic E-state index is -0.280. The second-order valence-electron chi connectivity index (χ2n) is 5.11. The maximum atomic E-state index is 12.3. The van der Waals surface area contributed by atoms with Gasteiger partial charge in [0.2, 0.25) is 5.76 Å². The number of carbonyl (C=O) groups excluding carboxylic acids is 1. The molecule has 0 bridgehead atoms. The molecule has 0 aliphatic rings. The fourth-order valence-electron chi connectivity index (χ4n) is 2.34. The second kappa shape index (κ2) is 5.89. The summed E-state index contributed by atoms with van der Waals surface area (Å²) in [4.78, 5) is 12.3. The lowest BCUT2D eigenvalue weighted by Crippen LogP contribution is -2.27. The minimum absolute atomic E-state index is 0.113. The molecule has 2 heterocycles. The molecule has 2 aromatic heterocycles. The van der Waals surface area contributed by atoms with Crippen LogP contribution in [0.3, 0.4) is 0 Å². The summed E-state index contributed by atoms with van der Waals surface area (Å²) in [5, 5.41) is 6.71. The minimum Gasteiger partial charge on any atom is -0.461 e. The molecule has 3 rings (SSSR count). The van der Waals surface area contributed by atoms with E-state index in [9.17, 15) is 4.79 Å². The summed E-state index contributed by atoms with van der Waals surface area (Å²) in [5.74, 6) is 0.689. The normalized spacial score (nSPS) is 12.1. The van der Waals surface area contributed by atoms with E-state index in [1.54, 1.807) is 18.2 Å². The van der Waals surface area contributed by atoms with Crippen molar-refractivity contribution in [1.29, 1.82) is 0 Å². The molecule has 0 fully saturated rings. The van der Waals surface area contributed by atoms with E-state index in [4.69, 9.17) is 8.94 Å². The topological polar surface area (TPSA) is 68.3 Å². The SMILES string of the molecule is Cc1ccccc1C(C)NC(=O)c1cc(-c2ccco2)on1. The zero-order chi connectivity index (χ0) is 15.5. The number of aromatic nitrogens is 1. The van der Waals surface area contributed by atoms with Crippen LogP contribution in [0.15, 0.2) is 57.7 Å². The Hall–Kier alpha value is -2.82. The molecule has 0 saturated carbocycles. The van der Waals surface area contributed by atoms with Crippen molar-refractivity contribution in [2.24, 2.45) is 0 Å². The quantitative estimate of drug-likeness (QED) is 0.796. The zero-order valence-electron chi connectivity index (χ0n) is 12.4. The predicted octanol–water partition coefficient (Wildman–Crippen LogP) is 3.73. The van der Waals surface area contributed by atoms with E-state index < -0.39 is 0 Å². The highest BCUT2D eigenvalue weighted by molar-refractivity contribution is 5.93. The lowest BCUT2D eigenvalue weighted by molar-refractivity contribution is 0.0930. The van der Waals surface area contributed by atoms with Crippen molar-refractivity contribution < 1.29 is 13.7 Å². The number of furan rings is 1. The smallest absolute Gasteiger partial charge is 0.273 e. The number of nitrogens with zero attached hydrogens (tertiary/aromatic N) is 1. The van der Waals surface area contributed by atoms with Gasteiger partial charge >= 0.3 is 0 Å². The van der Waals surface area contributed by atoms with Gasteiger partial charge in [0.1, 0.15) is 0 Å². The first kappa shape index (κ1) is 14.1. The summed E-state index contributed by atoms with van der Waals surface area (Å²) >= 11 is 0. The van der Waals surface area contributed by atoms with Crippen molar-refractivity contribution in [3.63, 3.8) is 0 Å². The van der Waals surface area contributed by atoms with E-state index in [2.05, 4.69) is 10.5 Å². The van der Waals surface area contributed by atoms with Crippen LogP contribution < -0.4 is 5.32 Å². The summed E-state index contributed by atoms with van der Waals surface area (Å²) < 4.78 is 10.3. The van der Waals surface area contributed by atoms with Gasteiger partial charge in [-0.25, -0.2) is 0 Å². The van der Waals surface area contributed by atoms with Crippen molar-refractivity contribution in [2.75, 3.05) is 0 Å². The molecular formula is C17H16N2O3. The van der Waals surface area contributed by atoms with Gasteiger partial charge < -0.3 is 14.3 Å². The Bertz CT molecular complexity index is 775. The second-order valence-corrected chi connectivity index (χ2v) is 5.11. The molecule has 0 saturated heterocycles. The van der Waals surface area contributed by atoms with Crippen LogP contribution >= 0.6 is 0 Å². The molecule has 1 atom stereocenters. The molecule has 5 heteroatoms. The standard InChI is InChI=1S/C17H16N2O3/c1-11-6-3-4-7-13(11)12(2)18-17(20)14-10-16(22-19-14)15-8-5-9-21-15/h3-10,12H,1-2H3,(H,18,20). The molecule has 0 radical (unpaired) electrons.